The largest absolute Gasteiger partial charge is 0.354 e. The number of hydrogen-bond acceptors (Lipinski definition) is 2. The van der Waals surface area contributed by atoms with Crippen molar-refractivity contribution in [2.75, 3.05) is 26.7 Å². The third kappa shape index (κ3) is 6.58. The van der Waals surface area contributed by atoms with Crippen molar-refractivity contribution < 1.29 is 4.79 Å². The van der Waals surface area contributed by atoms with Gasteiger partial charge in [0.05, 0.1) is 6.54 Å². The Kier molecular flexibility index (Phi) is 7.57. The first-order chi connectivity index (χ1) is 9.76. The lowest BCUT2D eigenvalue weighted by molar-refractivity contribution is -0.119. The maximum absolute atomic E-state index is 11.7. The summed E-state index contributed by atoms with van der Waals surface area (Å²) in [7, 11) is 1.66. The Hall–Kier alpha value is -2.30. The minimum Gasteiger partial charge on any atom is -0.354 e. The van der Waals surface area contributed by atoms with E-state index in [9.17, 15) is 4.79 Å². The Balaban J connectivity index is 2.18. The molecule has 0 atom stereocenters. The summed E-state index contributed by atoms with van der Waals surface area (Å²) in [5.41, 5.74) is 1.21. The van der Waals surface area contributed by atoms with Crippen molar-refractivity contribution in [3.8, 4) is 0 Å². The zero-order valence-corrected chi connectivity index (χ0v) is 11.9. The molecule has 0 saturated heterocycles. The van der Waals surface area contributed by atoms with Crippen LogP contribution >= 0.6 is 0 Å². The summed E-state index contributed by atoms with van der Waals surface area (Å²) in [6, 6.07) is 10.1. The molecule has 0 saturated carbocycles. The normalized spacial score (nSPS) is 10.8. The lowest BCUT2D eigenvalue weighted by atomic mass is 10.1. The van der Waals surface area contributed by atoms with E-state index in [-0.39, 0.29) is 12.5 Å². The van der Waals surface area contributed by atoms with Crippen molar-refractivity contribution >= 4 is 11.9 Å². The van der Waals surface area contributed by atoms with Crippen molar-refractivity contribution in [2.45, 2.75) is 6.42 Å². The fourth-order valence-corrected chi connectivity index (χ4v) is 1.61. The minimum atomic E-state index is -0.0533. The van der Waals surface area contributed by atoms with Gasteiger partial charge in [0.2, 0.25) is 5.91 Å². The molecule has 0 radical (unpaired) electrons. The van der Waals surface area contributed by atoms with Crippen LogP contribution in [0.5, 0.6) is 0 Å². The number of nitrogens with zero attached hydrogens (tertiary/aromatic N) is 1. The molecule has 0 aliphatic carbocycles. The number of benzene rings is 1. The fraction of sp³-hybridized carbons (Fsp3) is 0.333. The van der Waals surface area contributed by atoms with Gasteiger partial charge in [0.15, 0.2) is 5.96 Å². The molecule has 0 spiro atoms. The SMILES string of the molecule is C=CCNC(=NC)NCC(=O)NCCc1ccccc1. The van der Waals surface area contributed by atoms with E-state index in [1.165, 1.54) is 5.56 Å². The number of amides is 1. The van der Waals surface area contributed by atoms with Gasteiger partial charge >= 0.3 is 0 Å². The van der Waals surface area contributed by atoms with Crippen LogP contribution in [0.3, 0.4) is 0 Å². The van der Waals surface area contributed by atoms with Crippen LogP contribution in [-0.2, 0) is 11.2 Å². The first kappa shape index (κ1) is 15.8. The summed E-state index contributed by atoms with van der Waals surface area (Å²) < 4.78 is 0. The Morgan fingerprint density at radius 3 is 2.65 bits per heavy atom. The van der Waals surface area contributed by atoms with Crippen LogP contribution in [0.4, 0.5) is 0 Å². The Morgan fingerprint density at radius 2 is 2.00 bits per heavy atom. The third-order valence-corrected chi connectivity index (χ3v) is 2.63. The smallest absolute Gasteiger partial charge is 0.239 e. The van der Waals surface area contributed by atoms with Crippen molar-refractivity contribution in [3.05, 3.63) is 48.6 Å². The highest BCUT2D eigenvalue weighted by molar-refractivity contribution is 5.86. The highest BCUT2D eigenvalue weighted by Gasteiger charge is 2.02. The average molecular weight is 274 g/mol. The maximum atomic E-state index is 11.7. The van der Waals surface area contributed by atoms with Gasteiger partial charge in [0.1, 0.15) is 0 Å². The van der Waals surface area contributed by atoms with Crippen LogP contribution in [0, 0.1) is 0 Å². The van der Waals surface area contributed by atoms with Gasteiger partial charge in [0.25, 0.3) is 0 Å². The molecule has 0 aliphatic heterocycles. The van der Waals surface area contributed by atoms with Crippen molar-refractivity contribution in [2.24, 2.45) is 4.99 Å². The van der Waals surface area contributed by atoms with Crippen LogP contribution in [0.2, 0.25) is 0 Å². The second kappa shape index (κ2) is 9.61. The number of hydrogen-bond donors (Lipinski definition) is 3. The van der Waals surface area contributed by atoms with E-state index in [0.29, 0.717) is 19.0 Å². The van der Waals surface area contributed by atoms with Gasteiger partial charge < -0.3 is 16.0 Å². The molecular weight excluding hydrogens is 252 g/mol. The van der Waals surface area contributed by atoms with Crippen molar-refractivity contribution in [3.63, 3.8) is 0 Å². The van der Waals surface area contributed by atoms with Crippen LogP contribution in [0.25, 0.3) is 0 Å². The van der Waals surface area contributed by atoms with Crippen LogP contribution in [0.1, 0.15) is 5.56 Å². The third-order valence-electron chi connectivity index (χ3n) is 2.63. The molecule has 20 heavy (non-hydrogen) atoms. The highest BCUT2D eigenvalue weighted by atomic mass is 16.1. The summed E-state index contributed by atoms with van der Waals surface area (Å²) in [5.74, 6) is 0.533. The summed E-state index contributed by atoms with van der Waals surface area (Å²) in [6.07, 6.45) is 2.56. The number of aliphatic imine (C=N–C) groups is 1. The first-order valence-corrected chi connectivity index (χ1v) is 6.62. The lowest BCUT2D eigenvalue weighted by Gasteiger charge is -2.10. The average Bonchev–Trinajstić information content (AvgIpc) is 2.48. The zero-order valence-electron chi connectivity index (χ0n) is 11.9. The van der Waals surface area contributed by atoms with Crippen LogP contribution in [0.15, 0.2) is 48.0 Å². The molecule has 1 aromatic rings. The monoisotopic (exact) mass is 274 g/mol. The van der Waals surface area contributed by atoms with Gasteiger partial charge in [-0.15, -0.1) is 6.58 Å². The Morgan fingerprint density at radius 1 is 1.25 bits per heavy atom. The second-order valence-corrected chi connectivity index (χ2v) is 4.18. The standard InChI is InChI=1S/C15H22N4O/c1-3-10-18-15(16-2)19-12-14(20)17-11-9-13-7-5-4-6-8-13/h3-8H,1,9-12H2,2H3,(H,17,20)(H2,16,18,19). The number of nitrogens with one attached hydrogen (secondary N) is 3. The van der Waals surface area contributed by atoms with Crippen LogP contribution < -0.4 is 16.0 Å². The molecule has 0 bridgehead atoms. The molecule has 0 unspecified atom stereocenters. The van der Waals surface area contributed by atoms with E-state index in [1.54, 1.807) is 13.1 Å². The maximum Gasteiger partial charge on any atom is 0.239 e. The molecule has 1 aromatic carbocycles. The molecule has 5 heteroatoms. The van der Waals surface area contributed by atoms with E-state index in [1.807, 2.05) is 30.3 Å². The summed E-state index contributed by atoms with van der Waals surface area (Å²) >= 11 is 0. The van der Waals surface area contributed by atoms with Crippen LogP contribution in [-0.4, -0.2) is 38.5 Å². The van der Waals surface area contributed by atoms with Gasteiger partial charge in [-0.25, -0.2) is 0 Å². The molecule has 5 nitrogen and oxygen atoms in total. The zero-order chi connectivity index (χ0) is 14.6. The first-order valence-electron chi connectivity index (χ1n) is 6.62. The van der Waals surface area contributed by atoms with E-state index in [2.05, 4.69) is 27.5 Å². The van der Waals surface area contributed by atoms with Gasteiger partial charge in [-0.05, 0) is 12.0 Å². The topological polar surface area (TPSA) is 65.5 Å². The minimum absolute atomic E-state index is 0.0533. The van der Waals surface area contributed by atoms with Gasteiger partial charge in [-0.2, -0.15) is 0 Å². The molecule has 0 aliphatic rings. The Labute approximate surface area is 120 Å². The number of rotatable bonds is 7. The van der Waals surface area contributed by atoms with E-state index >= 15 is 0 Å². The molecular formula is C15H22N4O. The molecule has 1 rings (SSSR count). The van der Waals surface area contributed by atoms with Crippen molar-refractivity contribution in [1.82, 2.24) is 16.0 Å². The van der Waals surface area contributed by atoms with E-state index < -0.39 is 0 Å². The van der Waals surface area contributed by atoms with Gasteiger partial charge in [-0.1, -0.05) is 36.4 Å². The second-order valence-electron chi connectivity index (χ2n) is 4.18. The number of guanidine groups is 1. The van der Waals surface area contributed by atoms with Crippen molar-refractivity contribution in [1.29, 1.82) is 0 Å². The molecule has 0 heterocycles. The fourth-order valence-electron chi connectivity index (χ4n) is 1.61. The molecule has 108 valence electrons. The Bertz CT molecular complexity index is 442. The molecule has 0 fully saturated rings. The van der Waals surface area contributed by atoms with Gasteiger partial charge in [0, 0.05) is 20.1 Å². The summed E-state index contributed by atoms with van der Waals surface area (Å²) in [4.78, 5) is 15.6. The predicted octanol–water partition coefficient (Wildman–Crippen LogP) is 0.696. The summed E-state index contributed by atoms with van der Waals surface area (Å²) in [6.45, 7) is 5.04. The number of carbonyl (C=O) groups is 1. The highest BCUT2D eigenvalue weighted by Crippen LogP contribution is 1.97. The molecule has 3 N–H and O–H groups in total. The number of carbonyl (C=O) groups excluding carboxylic acids is 1. The summed E-state index contributed by atoms with van der Waals surface area (Å²) in [5, 5.41) is 8.79. The molecule has 0 aromatic heterocycles. The van der Waals surface area contributed by atoms with E-state index in [4.69, 9.17) is 0 Å². The lowest BCUT2D eigenvalue weighted by Crippen LogP contribution is -2.43. The van der Waals surface area contributed by atoms with E-state index in [0.717, 1.165) is 6.42 Å². The predicted molar refractivity (Wildman–Crippen MR) is 82.7 cm³/mol. The molecule has 1 amide bonds. The van der Waals surface area contributed by atoms with Gasteiger partial charge in [-0.3, -0.25) is 9.79 Å². The quantitative estimate of drug-likeness (QED) is 0.389.